The summed E-state index contributed by atoms with van der Waals surface area (Å²) < 4.78 is 4.76. The Morgan fingerprint density at radius 3 is 2.68 bits per heavy atom. The van der Waals surface area contributed by atoms with E-state index in [1.54, 1.807) is 42.1 Å². The summed E-state index contributed by atoms with van der Waals surface area (Å²) in [5.41, 5.74) is 0.772. The molecule has 2 aromatic carbocycles. The molecular formula is C20H18N2O4S2. The number of carbonyl (C=O) groups excluding carboxylic acids is 2. The maximum atomic E-state index is 12.7. The molecule has 3 rings (SSSR count). The van der Waals surface area contributed by atoms with Gasteiger partial charge in [0.1, 0.15) is 5.56 Å². The molecule has 0 aliphatic rings. The summed E-state index contributed by atoms with van der Waals surface area (Å²) in [6.07, 6.45) is 1.96. The van der Waals surface area contributed by atoms with E-state index in [1.807, 2.05) is 24.5 Å². The number of ether oxygens (including phenoxy) is 1. The van der Waals surface area contributed by atoms with Crippen LogP contribution in [0.3, 0.4) is 0 Å². The summed E-state index contributed by atoms with van der Waals surface area (Å²) in [7, 11) is 1.22. The van der Waals surface area contributed by atoms with Gasteiger partial charge in [0.15, 0.2) is 0 Å². The Kier molecular flexibility index (Phi) is 6.43. The largest absolute Gasteiger partial charge is 0.465 e. The molecule has 1 heterocycles. The monoisotopic (exact) mass is 414 g/mol. The normalized spacial score (nSPS) is 10.6. The van der Waals surface area contributed by atoms with Crippen molar-refractivity contribution in [3.63, 3.8) is 0 Å². The third kappa shape index (κ3) is 4.40. The molecule has 0 aliphatic carbocycles. The second-order valence-electron chi connectivity index (χ2n) is 5.76. The van der Waals surface area contributed by atoms with Gasteiger partial charge in [0.25, 0.3) is 0 Å². The lowest BCUT2D eigenvalue weighted by molar-refractivity contribution is -0.113. The highest BCUT2D eigenvalue weighted by Gasteiger charge is 2.20. The fourth-order valence-electron chi connectivity index (χ4n) is 2.64. The van der Waals surface area contributed by atoms with E-state index in [-0.39, 0.29) is 17.2 Å². The molecule has 6 nitrogen and oxygen atoms in total. The summed E-state index contributed by atoms with van der Waals surface area (Å²) in [6.45, 7) is 0. The zero-order valence-corrected chi connectivity index (χ0v) is 16.9. The lowest BCUT2D eigenvalue weighted by Crippen LogP contribution is -2.20. The second-order valence-corrected chi connectivity index (χ2v) is 7.63. The summed E-state index contributed by atoms with van der Waals surface area (Å²) in [6, 6.07) is 14.4. The smallest absolute Gasteiger partial charge is 0.344 e. The third-order valence-corrected chi connectivity index (χ3v) is 5.69. The summed E-state index contributed by atoms with van der Waals surface area (Å²) in [5.74, 6) is -0.947. The number of aromatic amines is 1. The van der Waals surface area contributed by atoms with Crippen molar-refractivity contribution in [1.82, 2.24) is 4.98 Å². The van der Waals surface area contributed by atoms with E-state index in [0.717, 1.165) is 16.7 Å². The number of anilines is 1. The number of benzene rings is 2. The number of thioether (sulfide) groups is 2. The van der Waals surface area contributed by atoms with Gasteiger partial charge in [-0.2, -0.15) is 0 Å². The van der Waals surface area contributed by atoms with Crippen LogP contribution in [0.2, 0.25) is 0 Å². The molecule has 28 heavy (non-hydrogen) atoms. The number of rotatable bonds is 6. The van der Waals surface area contributed by atoms with E-state index < -0.39 is 11.4 Å². The van der Waals surface area contributed by atoms with Crippen LogP contribution in [0.1, 0.15) is 10.4 Å². The maximum Gasteiger partial charge on any atom is 0.344 e. The molecule has 3 aromatic rings. The molecule has 0 unspecified atom stereocenters. The number of pyridine rings is 1. The van der Waals surface area contributed by atoms with Crippen molar-refractivity contribution in [2.45, 2.75) is 9.92 Å². The first-order valence-corrected chi connectivity index (χ1v) is 10.5. The van der Waals surface area contributed by atoms with Crippen LogP contribution >= 0.6 is 23.5 Å². The Morgan fingerprint density at radius 1 is 1.14 bits per heavy atom. The van der Waals surface area contributed by atoms with Crippen LogP contribution in [-0.2, 0) is 9.53 Å². The van der Waals surface area contributed by atoms with Crippen molar-refractivity contribution in [1.29, 1.82) is 0 Å². The fraction of sp³-hybridized carbons (Fsp3) is 0.150. The number of para-hydroxylation sites is 1. The maximum absolute atomic E-state index is 12.7. The Bertz CT molecular complexity index is 1100. The molecule has 1 aromatic heterocycles. The number of fused-ring (bicyclic) bond motifs is 1. The van der Waals surface area contributed by atoms with Crippen LogP contribution < -0.4 is 10.7 Å². The zero-order chi connectivity index (χ0) is 20.1. The molecule has 0 fully saturated rings. The number of methoxy groups -OCH3 is 1. The number of nitrogens with one attached hydrogen (secondary N) is 2. The van der Waals surface area contributed by atoms with Crippen LogP contribution in [0.4, 0.5) is 5.69 Å². The van der Waals surface area contributed by atoms with Gasteiger partial charge in [-0.3, -0.25) is 9.59 Å². The SMILES string of the molecule is COC(=O)c1c(SCC(=O)Nc2cccc(SC)c2)[nH]c2ccccc2c1=O. The van der Waals surface area contributed by atoms with Crippen LogP contribution in [0.15, 0.2) is 63.2 Å². The predicted octanol–water partition coefficient (Wildman–Crippen LogP) is 3.77. The highest BCUT2D eigenvalue weighted by molar-refractivity contribution is 8.00. The molecule has 8 heteroatoms. The van der Waals surface area contributed by atoms with Crippen molar-refractivity contribution in [2.75, 3.05) is 24.4 Å². The van der Waals surface area contributed by atoms with E-state index in [4.69, 9.17) is 4.74 Å². The summed E-state index contributed by atoms with van der Waals surface area (Å²) in [5, 5.41) is 3.52. The van der Waals surface area contributed by atoms with Crippen LogP contribution in [0.25, 0.3) is 10.9 Å². The van der Waals surface area contributed by atoms with Gasteiger partial charge < -0.3 is 15.0 Å². The number of esters is 1. The van der Waals surface area contributed by atoms with Gasteiger partial charge in [-0.25, -0.2) is 4.79 Å². The molecule has 2 N–H and O–H groups in total. The topological polar surface area (TPSA) is 88.3 Å². The molecule has 0 saturated carbocycles. The lowest BCUT2D eigenvalue weighted by atomic mass is 10.1. The van der Waals surface area contributed by atoms with E-state index in [1.165, 1.54) is 7.11 Å². The Labute approximate surface area is 170 Å². The van der Waals surface area contributed by atoms with Gasteiger partial charge in [-0.1, -0.05) is 30.0 Å². The van der Waals surface area contributed by atoms with Gasteiger partial charge >= 0.3 is 5.97 Å². The first-order valence-electron chi connectivity index (χ1n) is 8.33. The van der Waals surface area contributed by atoms with Crippen molar-refractivity contribution in [3.8, 4) is 0 Å². The number of hydrogen-bond donors (Lipinski definition) is 2. The Balaban J connectivity index is 1.84. The number of H-pyrrole nitrogens is 1. The Morgan fingerprint density at radius 2 is 1.93 bits per heavy atom. The third-order valence-electron chi connectivity index (χ3n) is 3.96. The minimum absolute atomic E-state index is 0.0295. The molecule has 0 aliphatic heterocycles. The van der Waals surface area contributed by atoms with Crippen LogP contribution in [0, 0.1) is 0 Å². The number of carbonyl (C=O) groups is 2. The molecule has 0 bridgehead atoms. The zero-order valence-electron chi connectivity index (χ0n) is 15.3. The average molecular weight is 415 g/mol. The first-order chi connectivity index (χ1) is 13.5. The lowest BCUT2D eigenvalue weighted by Gasteiger charge is -2.10. The molecule has 0 saturated heterocycles. The molecular weight excluding hydrogens is 396 g/mol. The average Bonchev–Trinajstić information content (AvgIpc) is 2.72. The standard InChI is InChI=1S/C20H18N2O4S2/c1-26-20(25)17-18(24)14-8-3-4-9-15(14)22-19(17)28-11-16(23)21-12-6-5-7-13(10-12)27-2/h3-10H,11H2,1-2H3,(H,21,23)(H,22,24). The van der Waals surface area contributed by atoms with E-state index in [0.29, 0.717) is 21.6 Å². The van der Waals surface area contributed by atoms with Crippen LogP contribution in [-0.4, -0.2) is 36.0 Å². The Hall–Kier alpha value is -2.71. The number of amides is 1. The fourth-order valence-corrected chi connectivity index (χ4v) is 3.95. The van der Waals surface area contributed by atoms with Crippen molar-refractivity contribution >= 4 is 52.0 Å². The van der Waals surface area contributed by atoms with Gasteiger partial charge in [-0.15, -0.1) is 11.8 Å². The van der Waals surface area contributed by atoms with Gasteiger partial charge in [-0.05, 0) is 36.6 Å². The highest BCUT2D eigenvalue weighted by Crippen LogP contribution is 2.23. The second kappa shape index (κ2) is 8.99. The number of hydrogen-bond acceptors (Lipinski definition) is 6. The van der Waals surface area contributed by atoms with Crippen molar-refractivity contribution in [3.05, 3.63) is 64.3 Å². The minimum Gasteiger partial charge on any atom is -0.465 e. The molecule has 1 amide bonds. The first kappa shape index (κ1) is 20.0. The van der Waals surface area contributed by atoms with Gasteiger partial charge in [0.05, 0.1) is 23.4 Å². The van der Waals surface area contributed by atoms with Crippen molar-refractivity contribution < 1.29 is 14.3 Å². The van der Waals surface area contributed by atoms with Gasteiger partial charge in [0, 0.05) is 16.0 Å². The van der Waals surface area contributed by atoms with Gasteiger partial charge in [0.2, 0.25) is 11.3 Å². The molecule has 0 radical (unpaired) electrons. The quantitative estimate of drug-likeness (QED) is 0.472. The van der Waals surface area contributed by atoms with Crippen molar-refractivity contribution in [2.24, 2.45) is 0 Å². The van der Waals surface area contributed by atoms with E-state index >= 15 is 0 Å². The number of aromatic nitrogens is 1. The van der Waals surface area contributed by atoms with Crippen LogP contribution in [0.5, 0.6) is 0 Å². The predicted molar refractivity (Wildman–Crippen MR) is 113 cm³/mol. The van der Waals surface area contributed by atoms with E-state index in [9.17, 15) is 14.4 Å². The summed E-state index contributed by atoms with van der Waals surface area (Å²) in [4.78, 5) is 41.3. The minimum atomic E-state index is -0.734. The molecule has 0 atom stereocenters. The summed E-state index contributed by atoms with van der Waals surface area (Å²) >= 11 is 2.67. The molecule has 144 valence electrons. The molecule has 0 spiro atoms. The van der Waals surface area contributed by atoms with E-state index in [2.05, 4.69) is 10.3 Å². The highest BCUT2D eigenvalue weighted by atomic mass is 32.2.